The van der Waals surface area contributed by atoms with Gasteiger partial charge in [0.05, 0.1) is 27.0 Å². The number of methoxy groups -OCH3 is 2. The van der Waals surface area contributed by atoms with Crippen molar-refractivity contribution in [3.63, 3.8) is 0 Å². The van der Waals surface area contributed by atoms with Gasteiger partial charge in [0.1, 0.15) is 11.5 Å². The standard InChI is InChI=1S/C14H15NO3/c1-17-13-6-11(7-15-8-13)10-3-4-14(18-2)12(5-10)9-16/h3-8,16H,9H2,1-2H3. The summed E-state index contributed by atoms with van der Waals surface area (Å²) < 4.78 is 10.3. The second kappa shape index (κ2) is 5.51. The number of hydrogen-bond donors (Lipinski definition) is 1. The average Bonchev–Trinajstić information content (AvgIpc) is 2.46. The molecule has 0 radical (unpaired) electrons. The molecule has 2 aromatic rings. The zero-order valence-electron chi connectivity index (χ0n) is 10.4. The molecule has 94 valence electrons. The van der Waals surface area contributed by atoms with Crippen LogP contribution in [0.15, 0.2) is 36.7 Å². The van der Waals surface area contributed by atoms with E-state index in [1.54, 1.807) is 26.6 Å². The summed E-state index contributed by atoms with van der Waals surface area (Å²) in [5.41, 5.74) is 2.65. The molecule has 0 saturated heterocycles. The van der Waals surface area contributed by atoms with Crippen LogP contribution in [0, 0.1) is 0 Å². The topological polar surface area (TPSA) is 51.6 Å². The molecular weight excluding hydrogens is 230 g/mol. The largest absolute Gasteiger partial charge is 0.496 e. The monoisotopic (exact) mass is 245 g/mol. The highest BCUT2D eigenvalue weighted by molar-refractivity contribution is 5.66. The van der Waals surface area contributed by atoms with Crippen molar-refractivity contribution in [2.24, 2.45) is 0 Å². The fourth-order valence-corrected chi connectivity index (χ4v) is 1.77. The van der Waals surface area contributed by atoms with Crippen LogP contribution in [0.25, 0.3) is 11.1 Å². The van der Waals surface area contributed by atoms with Gasteiger partial charge in [-0.15, -0.1) is 0 Å². The van der Waals surface area contributed by atoms with E-state index in [0.29, 0.717) is 11.5 Å². The van der Waals surface area contributed by atoms with Crippen molar-refractivity contribution in [2.75, 3.05) is 14.2 Å². The maximum absolute atomic E-state index is 9.30. The van der Waals surface area contributed by atoms with Crippen LogP contribution in [0.4, 0.5) is 0 Å². The number of aliphatic hydroxyl groups excluding tert-OH is 1. The number of ether oxygens (including phenoxy) is 2. The molecule has 0 fully saturated rings. The Morgan fingerprint density at radius 1 is 1.06 bits per heavy atom. The number of aromatic nitrogens is 1. The van der Waals surface area contributed by atoms with Gasteiger partial charge < -0.3 is 14.6 Å². The van der Waals surface area contributed by atoms with Crippen molar-refractivity contribution in [2.45, 2.75) is 6.61 Å². The van der Waals surface area contributed by atoms with E-state index in [-0.39, 0.29) is 6.61 Å². The van der Waals surface area contributed by atoms with Crippen LogP contribution in [0.1, 0.15) is 5.56 Å². The van der Waals surface area contributed by atoms with Crippen molar-refractivity contribution in [3.05, 3.63) is 42.2 Å². The second-order valence-corrected chi connectivity index (χ2v) is 3.80. The van der Waals surface area contributed by atoms with Crippen molar-refractivity contribution < 1.29 is 14.6 Å². The van der Waals surface area contributed by atoms with Crippen LogP contribution in [-0.2, 0) is 6.61 Å². The number of hydrogen-bond acceptors (Lipinski definition) is 4. The minimum Gasteiger partial charge on any atom is -0.496 e. The highest BCUT2D eigenvalue weighted by Gasteiger charge is 2.06. The van der Waals surface area contributed by atoms with Crippen molar-refractivity contribution in [3.8, 4) is 22.6 Å². The summed E-state index contributed by atoms with van der Waals surface area (Å²) in [5, 5.41) is 9.30. The average molecular weight is 245 g/mol. The van der Waals surface area contributed by atoms with Gasteiger partial charge in [-0.3, -0.25) is 4.98 Å². The fraction of sp³-hybridized carbons (Fsp3) is 0.214. The Hall–Kier alpha value is -2.07. The molecule has 1 N–H and O–H groups in total. The Morgan fingerprint density at radius 2 is 1.89 bits per heavy atom. The fourth-order valence-electron chi connectivity index (χ4n) is 1.77. The molecule has 1 aromatic carbocycles. The quantitative estimate of drug-likeness (QED) is 0.897. The molecule has 1 heterocycles. The summed E-state index contributed by atoms with van der Waals surface area (Å²) in [4.78, 5) is 4.11. The molecule has 0 aliphatic carbocycles. The van der Waals surface area contributed by atoms with Gasteiger partial charge in [0, 0.05) is 17.3 Å². The van der Waals surface area contributed by atoms with Gasteiger partial charge in [-0.2, -0.15) is 0 Å². The van der Waals surface area contributed by atoms with Gasteiger partial charge in [-0.05, 0) is 23.8 Å². The van der Waals surface area contributed by atoms with Crippen LogP contribution in [0.2, 0.25) is 0 Å². The maximum atomic E-state index is 9.30. The number of nitrogens with zero attached hydrogens (tertiary/aromatic N) is 1. The lowest BCUT2D eigenvalue weighted by Gasteiger charge is -2.09. The zero-order chi connectivity index (χ0) is 13.0. The number of benzene rings is 1. The highest BCUT2D eigenvalue weighted by atomic mass is 16.5. The predicted molar refractivity (Wildman–Crippen MR) is 68.7 cm³/mol. The molecule has 0 aliphatic heterocycles. The Kier molecular flexibility index (Phi) is 3.79. The Balaban J connectivity index is 2.43. The molecule has 18 heavy (non-hydrogen) atoms. The van der Waals surface area contributed by atoms with Crippen molar-refractivity contribution in [1.29, 1.82) is 0 Å². The molecule has 0 aliphatic rings. The van der Waals surface area contributed by atoms with E-state index in [4.69, 9.17) is 9.47 Å². The van der Waals surface area contributed by atoms with E-state index in [1.807, 2.05) is 24.3 Å². The minimum absolute atomic E-state index is 0.0611. The molecule has 0 saturated carbocycles. The summed E-state index contributed by atoms with van der Waals surface area (Å²) in [6, 6.07) is 7.54. The van der Waals surface area contributed by atoms with E-state index in [1.165, 1.54) is 0 Å². The van der Waals surface area contributed by atoms with Crippen LogP contribution in [0.3, 0.4) is 0 Å². The van der Waals surface area contributed by atoms with Gasteiger partial charge in [0.15, 0.2) is 0 Å². The summed E-state index contributed by atoms with van der Waals surface area (Å²) >= 11 is 0. The second-order valence-electron chi connectivity index (χ2n) is 3.80. The van der Waals surface area contributed by atoms with Gasteiger partial charge in [0.2, 0.25) is 0 Å². The van der Waals surface area contributed by atoms with Crippen LogP contribution in [-0.4, -0.2) is 24.3 Å². The molecule has 0 unspecified atom stereocenters. The zero-order valence-corrected chi connectivity index (χ0v) is 10.4. The predicted octanol–water partition coefficient (Wildman–Crippen LogP) is 2.26. The molecule has 4 nitrogen and oxygen atoms in total. The molecule has 4 heteroatoms. The van der Waals surface area contributed by atoms with Gasteiger partial charge >= 0.3 is 0 Å². The maximum Gasteiger partial charge on any atom is 0.137 e. The third-order valence-corrected chi connectivity index (χ3v) is 2.73. The normalized spacial score (nSPS) is 10.2. The highest BCUT2D eigenvalue weighted by Crippen LogP contribution is 2.27. The molecule has 0 atom stereocenters. The van der Waals surface area contributed by atoms with Crippen molar-refractivity contribution in [1.82, 2.24) is 4.98 Å². The van der Waals surface area contributed by atoms with Gasteiger partial charge in [-0.25, -0.2) is 0 Å². The lowest BCUT2D eigenvalue weighted by atomic mass is 10.0. The van der Waals surface area contributed by atoms with Gasteiger partial charge in [0.25, 0.3) is 0 Å². The summed E-state index contributed by atoms with van der Waals surface area (Å²) in [5.74, 6) is 1.38. The third kappa shape index (κ3) is 2.43. The Bertz CT molecular complexity index is 540. The number of rotatable bonds is 4. The Labute approximate surface area is 106 Å². The first-order chi connectivity index (χ1) is 8.78. The van der Waals surface area contributed by atoms with E-state index < -0.39 is 0 Å². The first-order valence-corrected chi connectivity index (χ1v) is 5.55. The smallest absolute Gasteiger partial charge is 0.137 e. The van der Waals surface area contributed by atoms with E-state index in [0.717, 1.165) is 16.7 Å². The molecule has 0 bridgehead atoms. The van der Waals surface area contributed by atoms with Gasteiger partial charge in [-0.1, -0.05) is 6.07 Å². The lowest BCUT2D eigenvalue weighted by Crippen LogP contribution is -1.93. The molecular formula is C14H15NO3. The first kappa shape index (κ1) is 12.4. The van der Waals surface area contributed by atoms with E-state index in [2.05, 4.69) is 4.98 Å². The minimum atomic E-state index is -0.0611. The lowest BCUT2D eigenvalue weighted by molar-refractivity contribution is 0.274. The SMILES string of the molecule is COc1cncc(-c2ccc(OC)c(CO)c2)c1. The molecule has 1 aromatic heterocycles. The van der Waals surface area contributed by atoms with Crippen LogP contribution >= 0.6 is 0 Å². The molecule has 0 spiro atoms. The first-order valence-electron chi connectivity index (χ1n) is 5.55. The summed E-state index contributed by atoms with van der Waals surface area (Å²) in [6.07, 6.45) is 3.41. The number of pyridine rings is 1. The van der Waals surface area contributed by atoms with Crippen molar-refractivity contribution >= 4 is 0 Å². The van der Waals surface area contributed by atoms with E-state index >= 15 is 0 Å². The van der Waals surface area contributed by atoms with Crippen LogP contribution < -0.4 is 9.47 Å². The summed E-state index contributed by atoms with van der Waals surface area (Å²) in [7, 11) is 3.19. The Morgan fingerprint density at radius 3 is 2.56 bits per heavy atom. The number of aliphatic hydroxyl groups is 1. The molecule has 0 amide bonds. The third-order valence-electron chi connectivity index (χ3n) is 2.73. The van der Waals surface area contributed by atoms with Crippen LogP contribution in [0.5, 0.6) is 11.5 Å². The van der Waals surface area contributed by atoms with E-state index in [9.17, 15) is 5.11 Å². The molecule has 2 rings (SSSR count). The summed E-state index contributed by atoms with van der Waals surface area (Å²) in [6.45, 7) is -0.0611.